The van der Waals surface area contributed by atoms with Crippen LogP contribution in [0.2, 0.25) is 0 Å². The number of hydrogen-bond acceptors (Lipinski definition) is 4. The lowest BCUT2D eigenvalue weighted by Crippen LogP contribution is -2.53. The summed E-state index contributed by atoms with van der Waals surface area (Å²) in [6, 6.07) is 0.0937. The van der Waals surface area contributed by atoms with Gasteiger partial charge >= 0.3 is 12.0 Å². The molecule has 116 valence electrons. The Labute approximate surface area is 119 Å². The molecule has 1 heterocycles. The lowest BCUT2D eigenvalue weighted by Gasteiger charge is -2.36. The van der Waals surface area contributed by atoms with Gasteiger partial charge in [-0.05, 0) is 33.9 Å². The number of aliphatic carboxylic acids is 1. The molecular formula is C13H25N3O4. The predicted molar refractivity (Wildman–Crippen MR) is 74.6 cm³/mol. The minimum absolute atomic E-state index is 0.0682. The van der Waals surface area contributed by atoms with E-state index in [-0.39, 0.29) is 12.6 Å². The molecule has 3 N–H and O–H groups in total. The number of likely N-dealkylation sites (tertiary alicyclic amines) is 1. The minimum atomic E-state index is -1.43. The molecule has 1 fully saturated rings. The second-order valence-electron chi connectivity index (χ2n) is 5.93. The van der Waals surface area contributed by atoms with E-state index in [1.54, 1.807) is 4.90 Å². The van der Waals surface area contributed by atoms with Crippen molar-refractivity contribution in [3.63, 3.8) is 0 Å². The van der Waals surface area contributed by atoms with E-state index in [4.69, 9.17) is 5.11 Å². The zero-order valence-electron chi connectivity index (χ0n) is 12.4. The van der Waals surface area contributed by atoms with Crippen LogP contribution in [0.25, 0.3) is 0 Å². The third-order valence-corrected chi connectivity index (χ3v) is 3.57. The quantitative estimate of drug-likeness (QED) is 0.659. The van der Waals surface area contributed by atoms with Crippen LogP contribution in [0.5, 0.6) is 0 Å². The molecule has 7 nitrogen and oxygen atoms in total. The first-order chi connectivity index (χ1) is 9.21. The first-order valence-electron chi connectivity index (χ1n) is 6.84. The number of nitrogens with zero attached hydrogens (tertiary/aromatic N) is 2. The summed E-state index contributed by atoms with van der Waals surface area (Å²) in [5, 5.41) is 21.1. The van der Waals surface area contributed by atoms with Crippen LogP contribution >= 0.6 is 0 Å². The smallest absolute Gasteiger partial charge is 0.317 e. The number of nitrogens with one attached hydrogen (secondary N) is 1. The highest BCUT2D eigenvalue weighted by Crippen LogP contribution is 2.14. The van der Waals surface area contributed by atoms with Crippen LogP contribution in [0.3, 0.4) is 0 Å². The summed E-state index contributed by atoms with van der Waals surface area (Å²) >= 11 is 0. The highest BCUT2D eigenvalue weighted by Gasteiger charge is 2.28. The number of piperidine rings is 1. The van der Waals surface area contributed by atoms with Gasteiger partial charge < -0.3 is 25.3 Å². The Balaban J connectivity index is 2.44. The molecule has 0 saturated carbocycles. The van der Waals surface area contributed by atoms with E-state index < -0.39 is 18.0 Å². The molecule has 0 aromatic heterocycles. The molecule has 2 amide bonds. The molecule has 0 bridgehead atoms. The number of carbonyl (C=O) groups is 2. The van der Waals surface area contributed by atoms with Crippen molar-refractivity contribution in [1.29, 1.82) is 0 Å². The predicted octanol–water partition coefficient (Wildman–Crippen LogP) is -0.0523. The summed E-state index contributed by atoms with van der Waals surface area (Å²) in [6.07, 6.45) is 1.61. The molecule has 2 unspecified atom stereocenters. The molecule has 0 spiro atoms. The summed E-state index contributed by atoms with van der Waals surface area (Å²) in [4.78, 5) is 26.4. The van der Waals surface area contributed by atoms with Gasteiger partial charge in [-0.2, -0.15) is 0 Å². The number of hydrogen-bond donors (Lipinski definition) is 3. The van der Waals surface area contributed by atoms with Crippen molar-refractivity contribution in [3.05, 3.63) is 0 Å². The molecule has 0 aromatic rings. The maximum absolute atomic E-state index is 12.0. The third kappa shape index (κ3) is 5.34. The van der Waals surface area contributed by atoms with E-state index in [1.165, 1.54) is 6.92 Å². The summed E-state index contributed by atoms with van der Waals surface area (Å²) < 4.78 is 0. The summed E-state index contributed by atoms with van der Waals surface area (Å²) in [6.45, 7) is 2.68. The number of rotatable bonds is 5. The molecule has 1 aliphatic heterocycles. The van der Waals surface area contributed by atoms with Crippen LogP contribution in [0, 0.1) is 0 Å². The van der Waals surface area contributed by atoms with Crippen molar-refractivity contribution in [3.8, 4) is 0 Å². The lowest BCUT2D eigenvalue weighted by molar-refractivity contribution is -0.141. The average molecular weight is 287 g/mol. The van der Waals surface area contributed by atoms with Crippen LogP contribution in [-0.2, 0) is 4.79 Å². The molecule has 0 aliphatic carbocycles. The van der Waals surface area contributed by atoms with Gasteiger partial charge in [0.05, 0.1) is 12.0 Å². The fraction of sp³-hybridized carbons (Fsp3) is 0.846. The largest absolute Gasteiger partial charge is 0.481 e. The Morgan fingerprint density at radius 1 is 1.45 bits per heavy atom. The number of carbonyl (C=O) groups excluding carboxylic acids is 1. The van der Waals surface area contributed by atoms with Gasteiger partial charge in [-0.25, -0.2) is 4.79 Å². The van der Waals surface area contributed by atoms with Crippen molar-refractivity contribution in [2.24, 2.45) is 0 Å². The van der Waals surface area contributed by atoms with Crippen LogP contribution < -0.4 is 5.32 Å². The normalized spacial score (nSPS) is 22.4. The van der Waals surface area contributed by atoms with E-state index >= 15 is 0 Å². The molecule has 1 saturated heterocycles. The number of likely N-dealkylation sites (N-methyl/N-ethyl adjacent to an activating group) is 1. The van der Waals surface area contributed by atoms with E-state index in [2.05, 4.69) is 10.2 Å². The standard InChI is InChI=1S/C13H25N3O4/c1-13(20,7-11(17)18)9-14-12(19)16-6-4-5-10(8-16)15(2)3/h10,20H,4-9H2,1-3H3,(H,14,19)(H,17,18). The number of amides is 2. The van der Waals surface area contributed by atoms with Crippen molar-refractivity contribution in [2.75, 3.05) is 33.7 Å². The summed E-state index contributed by atoms with van der Waals surface area (Å²) in [7, 11) is 3.98. The molecule has 1 aliphatic rings. The Bertz CT molecular complexity index is 358. The number of urea groups is 1. The molecule has 7 heteroatoms. The average Bonchev–Trinajstić information content (AvgIpc) is 2.34. The Morgan fingerprint density at radius 3 is 2.65 bits per heavy atom. The van der Waals surface area contributed by atoms with E-state index in [0.29, 0.717) is 19.1 Å². The zero-order chi connectivity index (χ0) is 15.3. The van der Waals surface area contributed by atoms with Gasteiger partial charge in [0.25, 0.3) is 0 Å². The van der Waals surface area contributed by atoms with E-state index in [0.717, 1.165) is 12.8 Å². The zero-order valence-corrected chi connectivity index (χ0v) is 12.4. The van der Waals surface area contributed by atoms with Crippen molar-refractivity contribution in [2.45, 2.75) is 37.8 Å². The molecule has 0 radical (unpaired) electrons. The van der Waals surface area contributed by atoms with Crippen LogP contribution in [0.1, 0.15) is 26.2 Å². The van der Waals surface area contributed by atoms with Gasteiger partial charge in [0.1, 0.15) is 0 Å². The van der Waals surface area contributed by atoms with Crippen molar-refractivity contribution >= 4 is 12.0 Å². The van der Waals surface area contributed by atoms with Crippen LogP contribution in [0.15, 0.2) is 0 Å². The highest BCUT2D eigenvalue weighted by molar-refractivity contribution is 5.74. The highest BCUT2D eigenvalue weighted by atomic mass is 16.4. The van der Waals surface area contributed by atoms with E-state index in [1.807, 2.05) is 14.1 Å². The second-order valence-corrected chi connectivity index (χ2v) is 5.93. The van der Waals surface area contributed by atoms with Crippen LogP contribution in [0.4, 0.5) is 4.79 Å². The Hall–Kier alpha value is -1.34. The van der Waals surface area contributed by atoms with Gasteiger partial charge in [0, 0.05) is 25.7 Å². The van der Waals surface area contributed by atoms with Gasteiger partial charge in [-0.1, -0.05) is 0 Å². The fourth-order valence-corrected chi connectivity index (χ4v) is 2.33. The molecule has 1 rings (SSSR count). The number of carboxylic acid groups (broad SMARTS) is 1. The van der Waals surface area contributed by atoms with Crippen molar-refractivity contribution in [1.82, 2.24) is 15.1 Å². The lowest BCUT2D eigenvalue weighted by atomic mass is 10.0. The second kappa shape index (κ2) is 6.90. The third-order valence-electron chi connectivity index (χ3n) is 3.57. The SMILES string of the molecule is CN(C)C1CCCN(C(=O)NCC(C)(O)CC(=O)O)C1. The summed E-state index contributed by atoms with van der Waals surface area (Å²) in [5.74, 6) is -1.09. The van der Waals surface area contributed by atoms with Gasteiger partial charge in [-0.15, -0.1) is 0 Å². The van der Waals surface area contributed by atoms with E-state index in [9.17, 15) is 14.7 Å². The molecule has 0 aromatic carbocycles. The van der Waals surface area contributed by atoms with Crippen LogP contribution in [-0.4, -0.2) is 77.4 Å². The molecular weight excluding hydrogens is 262 g/mol. The molecule has 2 atom stereocenters. The number of aliphatic hydroxyl groups is 1. The maximum Gasteiger partial charge on any atom is 0.317 e. The fourth-order valence-electron chi connectivity index (χ4n) is 2.33. The Morgan fingerprint density at radius 2 is 2.10 bits per heavy atom. The van der Waals surface area contributed by atoms with Gasteiger partial charge in [0.2, 0.25) is 0 Å². The van der Waals surface area contributed by atoms with Crippen molar-refractivity contribution < 1.29 is 19.8 Å². The summed E-state index contributed by atoms with van der Waals surface area (Å²) in [5.41, 5.74) is -1.43. The first kappa shape index (κ1) is 16.7. The molecule has 20 heavy (non-hydrogen) atoms. The van der Waals surface area contributed by atoms with Gasteiger partial charge in [-0.3, -0.25) is 4.79 Å². The van der Waals surface area contributed by atoms with Gasteiger partial charge in [0.15, 0.2) is 0 Å². The minimum Gasteiger partial charge on any atom is -0.481 e. The first-order valence-corrected chi connectivity index (χ1v) is 6.84. The number of carboxylic acids is 1. The Kier molecular flexibility index (Phi) is 5.76. The monoisotopic (exact) mass is 287 g/mol. The maximum atomic E-state index is 12.0. The topological polar surface area (TPSA) is 93.1 Å².